The van der Waals surface area contributed by atoms with Crippen molar-refractivity contribution in [1.82, 2.24) is 35.5 Å². The minimum atomic E-state index is -2.87. The second-order valence-electron chi connectivity index (χ2n) is 8.63. The number of aromatic nitrogens is 6. The fourth-order valence-electron chi connectivity index (χ4n) is 4.10. The van der Waals surface area contributed by atoms with E-state index in [0.29, 0.717) is 5.69 Å². The van der Waals surface area contributed by atoms with Gasteiger partial charge in [0.1, 0.15) is 11.4 Å². The number of alkyl halides is 2. The largest absolute Gasteiger partial charge is 0.363 e. The van der Waals surface area contributed by atoms with Crippen molar-refractivity contribution in [2.75, 3.05) is 29.6 Å². The molecule has 0 bridgehead atoms. The van der Waals surface area contributed by atoms with Crippen LogP contribution in [0.4, 0.5) is 31.8 Å². The number of rotatable bonds is 6. The van der Waals surface area contributed by atoms with Crippen LogP contribution >= 0.6 is 0 Å². The highest BCUT2D eigenvalue weighted by Crippen LogP contribution is 2.49. The number of nitrogens with one attached hydrogen (secondary N) is 3. The van der Waals surface area contributed by atoms with Crippen LogP contribution in [0.5, 0.6) is 0 Å². The van der Waals surface area contributed by atoms with Crippen LogP contribution < -0.4 is 20.9 Å². The zero-order chi connectivity index (χ0) is 28.2. The van der Waals surface area contributed by atoms with Crippen LogP contribution in [-0.4, -0.2) is 56.0 Å². The number of carbonyl (C=O) groups is 2. The highest BCUT2D eigenvalue weighted by Gasteiger charge is 2.36. The predicted molar refractivity (Wildman–Crippen MR) is 126 cm³/mol. The lowest BCUT2D eigenvalue weighted by Crippen LogP contribution is -2.28. The first-order chi connectivity index (χ1) is 18.3. The Morgan fingerprint density at radius 1 is 1.22 bits per heavy atom. The number of amides is 2. The van der Waals surface area contributed by atoms with Crippen molar-refractivity contribution in [2.45, 2.75) is 32.2 Å². The highest BCUT2D eigenvalue weighted by atomic mass is 19.3. The first kappa shape index (κ1) is 20.0. The van der Waals surface area contributed by atoms with E-state index in [1.165, 1.54) is 10.9 Å². The van der Waals surface area contributed by atoms with Crippen molar-refractivity contribution in [2.24, 2.45) is 13.0 Å². The summed E-state index contributed by atoms with van der Waals surface area (Å²) in [5, 5.41) is 23.7. The van der Waals surface area contributed by atoms with Crippen molar-refractivity contribution in [3.8, 4) is 11.3 Å². The smallest absolute Gasteiger partial charge is 0.273 e. The molecule has 4 heterocycles. The molecule has 1 atom stereocenters. The van der Waals surface area contributed by atoms with Gasteiger partial charge in [0, 0.05) is 54.5 Å². The van der Waals surface area contributed by atoms with Crippen molar-refractivity contribution in [3.63, 3.8) is 0 Å². The van der Waals surface area contributed by atoms with E-state index in [1.54, 1.807) is 19.0 Å². The van der Waals surface area contributed by atoms with Crippen LogP contribution in [-0.2, 0) is 11.8 Å². The first-order valence-corrected chi connectivity index (χ1v) is 11.1. The molecule has 3 N–H and O–H groups in total. The summed E-state index contributed by atoms with van der Waals surface area (Å²) in [5.74, 6) is -1.41. The van der Waals surface area contributed by atoms with Gasteiger partial charge in [-0.2, -0.15) is 15.0 Å². The zero-order valence-corrected chi connectivity index (χ0v) is 19.5. The lowest BCUT2D eigenvalue weighted by Gasteiger charge is -2.34. The molecule has 0 radical (unpaired) electrons. The third kappa shape index (κ3) is 3.97. The van der Waals surface area contributed by atoms with Crippen LogP contribution in [0.1, 0.15) is 58.1 Å². The minimum absolute atomic E-state index is 0.0100. The minimum Gasteiger partial charge on any atom is -0.363 e. The molecule has 14 heteroatoms. The summed E-state index contributed by atoms with van der Waals surface area (Å²) in [7, 11) is 3.26. The Morgan fingerprint density at radius 2 is 2.00 bits per heavy atom. The number of hydrogen-bond acceptors (Lipinski definition) is 9. The average molecular weight is 502 g/mol. The Balaban J connectivity index is 1.63. The normalized spacial score (nSPS) is 18.0. The number of carbonyl (C=O) groups excluding carboxylic acids is 2. The van der Waals surface area contributed by atoms with Gasteiger partial charge in [-0.05, 0) is 19.8 Å². The van der Waals surface area contributed by atoms with Crippen molar-refractivity contribution < 1.29 is 22.5 Å². The molecule has 1 fully saturated rings. The standard InChI is InChI=1S/C22H24F2N10O2/c1-9-15-17(32-34(4)31-15)14-11(19(23)24)8-26-20(18(14)33(9)3)27-12-7-13(28-21(35)10-5-6-10)29-30-16(12)22(36)25-2/h7-10,19H,5-6H2,1-4H3,(H,25,36)(H2,26,27,28,29,35)/t9-/m0/s1/i2D3. The lowest BCUT2D eigenvalue weighted by molar-refractivity contribution is -0.117. The van der Waals surface area contributed by atoms with Crippen LogP contribution in [0.2, 0.25) is 0 Å². The molecule has 2 amide bonds. The summed E-state index contributed by atoms with van der Waals surface area (Å²) in [6, 6.07) is 0.926. The Kier molecular flexibility index (Phi) is 4.87. The molecule has 1 aliphatic heterocycles. The fourth-order valence-corrected chi connectivity index (χ4v) is 4.10. The molecule has 0 aromatic carbocycles. The predicted octanol–water partition coefficient (Wildman–Crippen LogP) is 2.57. The maximum Gasteiger partial charge on any atom is 0.273 e. The maximum atomic E-state index is 14.1. The van der Waals surface area contributed by atoms with Crippen LogP contribution in [0.25, 0.3) is 11.3 Å². The molecule has 2 aliphatic rings. The molecule has 188 valence electrons. The first-order valence-electron chi connectivity index (χ1n) is 12.6. The monoisotopic (exact) mass is 501 g/mol. The molecular weight excluding hydrogens is 474 g/mol. The van der Waals surface area contributed by atoms with Gasteiger partial charge >= 0.3 is 0 Å². The Hall–Kier alpha value is -4.23. The molecule has 0 saturated heterocycles. The molecule has 5 rings (SSSR count). The number of anilines is 4. The Labute approximate surface area is 208 Å². The van der Waals surface area contributed by atoms with Gasteiger partial charge < -0.3 is 20.9 Å². The van der Waals surface area contributed by atoms with Gasteiger partial charge in [0.15, 0.2) is 17.3 Å². The second kappa shape index (κ2) is 8.77. The molecular formula is C22H24F2N10O2. The number of nitrogens with zero attached hydrogens (tertiary/aromatic N) is 7. The number of pyridine rings is 1. The number of halogens is 2. The molecule has 12 nitrogen and oxygen atoms in total. The molecule has 0 spiro atoms. The van der Waals surface area contributed by atoms with Crippen LogP contribution in [0.3, 0.4) is 0 Å². The summed E-state index contributed by atoms with van der Waals surface area (Å²) < 4.78 is 50.3. The summed E-state index contributed by atoms with van der Waals surface area (Å²) >= 11 is 0. The average Bonchev–Trinajstić information content (AvgIpc) is 3.62. The Morgan fingerprint density at radius 3 is 2.69 bits per heavy atom. The highest BCUT2D eigenvalue weighted by molar-refractivity contribution is 6.01. The third-order valence-corrected chi connectivity index (χ3v) is 6.20. The number of hydrogen-bond donors (Lipinski definition) is 3. The fraction of sp³-hybridized carbons (Fsp3) is 0.409. The summed E-state index contributed by atoms with van der Waals surface area (Å²) in [4.78, 5) is 32.3. The van der Waals surface area contributed by atoms with Gasteiger partial charge in [-0.1, -0.05) is 0 Å². The van der Waals surface area contributed by atoms with E-state index in [9.17, 15) is 18.4 Å². The quantitative estimate of drug-likeness (QED) is 0.464. The van der Waals surface area contributed by atoms with Gasteiger partial charge in [-0.25, -0.2) is 13.8 Å². The number of aryl methyl sites for hydroxylation is 1. The zero-order valence-electron chi connectivity index (χ0n) is 22.5. The second-order valence-corrected chi connectivity index (χ2v) is 8.63. The van der Waals surface area contributed by atoms with E-state index in [-0.39, 0.29) is 57.7 Å². The summed E-state index contributed by atoms with van der Waals surface area (Å²) in [6.45, 7) is -0.993. The van der Waals surface area contributed by atoms with Crippen molar-refractivity contribution >= 4 is 34.8 Å². The van der Waals surface area contributed by atoms with E-state index in [2.05, 4.69) is 36.0 Å². The summed E-state index contributed by atoms with van der Waals surface area (Å²) in [5.41, 5.74) is 0.324. The van der Waals surface area contributed by atoms with E-state index in [0.717, 1.165) is 19.0 Å². The van der Waals surface area contributed by atoms with Crippen LogP contribution in [0, 0.1) is 5.92 Å². The van der Waals surface area contributed by atoms with Gasteiger partial charge in [-0.3, -0.25) is 9.59 Å². The number of fused-ring (bicyclic) bond motifs is 3. The van der Waals surface area contributed by atoms with Gasteiger partial charge in [0.2, 0.25) is 5.91 Å². The van der Waals surface area contributed by atoms with E-state index >= 15 is 0 Å². The van der Waals surface area contributed by atoms with E-state index < -0.39 is 25.0 Å². The van der Waals surface area contributed by atoms with Crippen LogP contribution in [0.15, 0.2) is 12.3 Å². The molecule has 3 aromatic heterocycles. The van der Waals surface area contributed by atoms with E-state index in [1.807, 2.05) is 12.2 Å². The molecule has 3 aromatic rings. The molecule has 1 aliphatic carbocycles. The van der Waals surface area contributed by atoms with Crippen molar-refractivity contribution in [1.29, 1.82) is 0 Å². The van der Waals surface area contributed by atoms with Gasteiger partial charge in [0.05, 0.1) is 17.4 Å². The third-order valence-electron chi connectivity index (χ3n) is 6.20. The topological polar surface area (TPSA) is 143 Å². The van der Waals surface area contributed by atoms with Gasteiger partial charge in [-0.15, -0.1) is 10.2 Å². The maximum absolute atomic E-state index is 14.1. The molecule has 1 saturated carbocycles. The van der Waals surface area contributed by atoms with Gasteiger partial charge in [0.25, 0.3) is 12.3 Å². The SMILES string of the molecule is [2H]C([2H])([2H])NC(=O)c1nnc(NC(=O)C2CC2)cc1Nc1ncc(C(F)F)c2c1N(C)[C@@H](C)c1nn(C)nc1-2. The Bertz CT molecular complexity index is 1470. The molecule has 36 heavy (non-hydrogen) atoms. The molecule has 0 unspecified atom stereocenters. The van der Waals surface area contributed by atoms with E-state index in [4.69, 9.17) is 4.11 Å². The summed E-state index contributed by atoms with van der Waals surface area (Å²) in [6.07, 6.45) is -0.388. The van der Waals surface area contributed by atoms with Crippen molar-refractivity contribution in [3.05, 3.63) is 29.2 Å². The lowest BCUT2D eigenvalue weighted by atomic mass is 9.95.